The van der Waals surface area contributed by atoms with Crippen molar-refractivity contribution >= 4 is 22.8 Å². The molecule has 0 bridgehead atoms. The van der Waals surface area contributed by atoms with Gasteiger partial charge in [-0.1, -0.05) is 11.6 Å². The maximum absolute atomic E-state index is 10.2. The molecule has 1 aliphatic heterocycles. The smallest absolute Gasteiger partial charge is 0.167 e. The molecule has 0 aromatic carbocycles. The minimum atomic E-state index is -1.58. The van der Waals surface area contributed by atoms with Gasteiger partial charge in [-0.05, 0) is 6.92 Å². The highest BCUT2D eigenvalue weighted by atomic mass is 35.5. The summed E-state index contributed by atoms with van der Waals surface area (Å²) in [5.74, 6) is 0. The number of nitrogens with zero attached hydrogens (tertiary/aromatic N) is 4. The lowest BCUT2D eigenvalue weighted by Gasteiger charge is -2.25. The number of imidazole rings is 1. The summed E-state index contributed by atoms with van der Waals surface area (Å²) in [5, 5.41) is 29.8. The number of aliphatic hydroxyl groups is 3. The quantitative estimate of drug-likeness (QED) is 0.640. The van der Waals surface area contributed by atoms with Gasteiger partial charge in [-0.15, -0.1) is 0 Å². The van der Waals surface area contributed by atoms with Crippen LogP contribution in [0.5, 0.6) is 0 Å². The summed E-state index contributed by atoms with van der Waals surface area (Å²) in [6.07, 6.45) is -0.401. The van der Waals surface area contributed by atoms with E-state index >= 15 is 0 Å². The second-order valence-corrected chi connectivity index (χ2v) is 5.22. The van der Waals surface area contributed by atoms with E-state index in [-0.39, 0.29) is 5.15 Å². The van der Waals surface area contributed by atoms with Crippen LogP contribution in [0.2, 0.25) is 5.15 Å². The van der Waals surface area contributed by atoms with Crippen molar-refractivity contribution in [2.45, 2.75) is 31.0 Å². The average molecular weight is 301 g/mol. The summed E-state index contributed by atoms with van der Waals surface area (Å²) in [6, 6.07) is 0. The molecule has 108 valence electrons. The van der Waals surface area contributed by atoms with Gasteiger partial charge < -0.3 is 20.1 Å². The Labute approximate surface area is 118 Å². The molecule has 3 N–H and O–H groups in total. The molecule has 1 saturated heterocycles. The van der Waals surface area contributed by atoms with Crippen LogP contribution in [-0.4, -0.2) is 59.3 Å². The normalized spacial score (nSPS) is 34.0. The summed E-state index contributed by atoms with van der Waals surface area (Å²) in [5.41, 5.74) is -0.826. The first-order chi connectivity index (χ1) is 9.46. The molecule has 1 unspecified atom stereocenters. The third-order valence-corrected chi connectivity index (χ3v) is 3.86. The zero-order valence-electron chi connectivity index (χ0n) is 10.5. The minimum Gasteiger partial charge on any atom is -0.394 e. The van der Waals surface area contributed by atoms with Crippen LogP contribution < -0.4 is 0 Å². The zero-order chi connectivity index (χ0) is 14.5. The number of fused-ring (bicyclic) bond motifs is 1. The van der Waals surface area contributed by atoms with E-state index in [9.17, 15) is 15.3 Å². The van der Waals surface area contributed by atoms with Crippen molar-refractivity contribution < 1.29 is 20.1 Å². The molecule has 9 heteroatoms. The van der Waals surface area contributed by atoms with Crippen LogP contribution >= 0.6 is 11.6 Å². The summed E-state index contributed by atoms with van der Waals surface area (Å²) in [6.45, 7) is 0.989. The highest BCUT2D eigenvalue weighted by Gasteiger charge is 2.52. The van der Waals surface area contributed by atoms with Crippen LogP contribution in [0.15, 0.2) is 12.7 Å². The molecule has 0 amide bonds. The fourth-order valence-corrected chi connectivity index (χ4v) is 2.49. The van der Waals surface area contributed by atoms with Crippen LogP contribution in [0.25, 0.3) is 11.2 Å². The molecule has 3 rings (SSSR count). The van der Waals surface area contributed by atoms with Gasteiger partial charge in [0.25, 0.3) is 0 Å². The summed E-state index contributed by atoms with van der Waals surface area (Å²) in [4.78, 5) is 11.9. The Hall–Kier alpha value is -1.32. The number of aliphatic hydroxyl groups excluding tert-OH is 2. The van der Waals surface area contributed by atoms with E-state index in [4.69, 9.17) is 16.3 Å². The Morgan fingerprint density at radius 3 is 2.85 bits per heavy atom. The maximum Gasteiger partial charge on any atom is 0.167 e. The predicted octanol–water partition coefficient (Wildman–Crippen LogP) is -0.519. The first-order valence-electron chi connectivity index (χ1n) is 5.96. The van der Waals surface area contributed by atoms with Crippen LogP contribution in [-0.2, 0) is 4.74 Å². The summed E-state index contributed by atoms with van der Waals surface area (Å²) in [7, 11) is 0. The van der Waals surface area contributed by atoms with E-state index in [1.807, 2.05) is 0 Å². The number of hydrogen-bond acceptors (Lipinski definition) is 7. The number of rotatable bonds is 2. The zero-order valence-corrected chi connectivity index (χ0v) is 11.3. The molecule has 0 radical (unpaired) electrons. The lowest BCUT2D eigenvalue weighted by atomic mass is 9.95. The molecule has 1 fully saturated rings. The Kier molecular flexibility index (Phi) is 3.14. The van der Waals surface area contributed by atoms with Gasteiger partial charge in [0.1, 0.15) is 29.7 Å². The van der Waals surface area contributed by atoms with Crippen LogP contribution in [0.4, 0.5) is 0 Å². The van der Waals surface area contributed by atoms with Gasteiger partial charge in [0, 0.05) is 0 Å². The number of halogens is 1. The maximum atomic E-state index is 10.2. The Morgan fingerprint density at radius 1 is 1.45 bits per heavy atom. The minimum absolute atomic E-state index is 0.187. The molecule has 1 aliphatic rings. The van der Waals surface area contributed by atoms with Crippen molar-refractivity contribution in [2.75, 3.05) is 6.61 Å². The molecule has 2 aromatic rings. The number of aromatic nitrogens is 4. The lowest BCUT2D eigenvalue weighted by molar-refractivity contribution is -0.0804. The van der Waals surface area contributed by atoms with Crippen molar-refractivity contribution in [1.82, 2.24) is 19.5 Å². The molecular weight excluding hydrogens is 288 g/mol. The van der Waals surface area contributed by atoms with Crippen LogP contribution in [0, 0.1) is 0 Å². The molecule has 0 spiro atoms. The Balaban J connectivity index is 2.06. The SMILES string of the molecule is C[C@@]1(O)[C@@H](CO)OC(n2cnc3c(Cl)ncnc32)[C@@H]1O. The summed E-state index contributed by atoms with van der Waals surface area (Å²) < 4.78 is 6.96. The molecule has 4 atom stereocenters. The number of ether oxygens (including phenoxy) is 1. The van der Waals surface area contributed by atoms with E-state index in [0.29, 0.717) is 11.2 Å². The monoisotopic (exact) mass is 300 g/mol. The van der Waals surface area contributed by atoms with Gasteiger partial charge in [-0.3, -0.25) is 4.57 Å². The van der Waals surface area contributed by atoms with Gasteiger partial charge in [0.2, 0.25) is 0 Å². The fourth-order valence-electron chi connectivity index (χ4n) is 2.31. The van der Waals surface area contributed by atoms with Crippen molar-refractivity contribution in [3.8, 4) is 0 Å². The molecular formula is C11H13ClN4O4. The largest absolute Gasteiger partial charge is 0.394 e. The Bertz CT molecular complexity index is 646. The second-order valence-electron chi connectivity index (χ2n) is 4.86. The van der Waals surface area contributed by atoms with Crippen LogP contribution in [0.3, 0.4) is 0 Å². The van der Waals surface area contributed by atoms with E-state index < -0.39 is 30.6 Å². The van der Waals surface area contributed by atoms with Gasteiger partial charge in [-0.2, -0.15) is 0 Å². The van der Waals surface area contributed by atoms with Crippen molar-refractivity contribution in [3.05, 3.63) is 17.8 Å². The number of hydrogen-bond donors (Lipinski definition) is 3. The van der Waals surface area contributed by atoms with E-state index in [1.54, 1.807) is 0 Å². The standard InChI is InChI=1S/C11H13ClN4O4/c1-11(19)5(2-17)20-10(7(11)18)16-4-15-6-8(12)13-3-14-9(6)16/h3-5,7,10,17-19H,2H2,1H3/t5-,7+,10?,11-/m1/s1. The topological polar surface area (TPSA) is 114 Å². The van der Waals surface area contributed by atoms with E-state index in [1.165, 1.54) is 24.1 Å². The first kappa shape index (κ1) is 13.7. The van der Waals surface area contributed by atoms with Gasteiger partial charge in [-0.25, -0.2) is 15.0 Å². The first-order valence-corrected chi connectivity index (χ1v) is 6.34. The molecule has 8 nitrogen and oxygen atoms in total. The van der Waals surface area contributed by atoms with E-state index in [2.05, 4.69) is 15.0 Å². The Morgan fingerprint density at radius 2 is 2.20 bits per heavy atom. The predicted molar refractivity (Wildman–Crippen MR) is 68.0 cm³/mol. The van der Waals surface area contributed by atoms with Crippen LogP contribution in [0.1, 0.15) is 13.2 Å². The average Bonchev–Trinajstić information content (AvgIpc) is 2.92. The third kappa shape index (κ3) is 1.80. The molecule has 0 saturated carbocycles. The fraction of sp³-hybridized carbons (Fsp3) is 0.545. The molecule has 3 heterocycles. The van der Waals surface area contributed by atoms with Crippen molar-refractivity contribution in [1.29, 1.82) is 0 Å². The van der Waals surface area contributed by atoms with Crippen molar-refractivity contribution in [2.24, 2.45) is 0 Å². The van der Waals surface area contributed by atoms with Crippen molar-refractivity contribution in [3.63, 3.8) is 0 Å². The van der Waals surface area contributed by atoms with E-state index in [0.717, 1.165) is 0 Å². The van der Waals surface area contributed by atoms with Gasteiger partial charge >= 0.3 is 0 Å². The molecule has 0 aliphatic carbocycles. The highest BCUT2D eigenvalue weighted by molar-refractivity contribution is 6.33. The molecule has 2 aromatic heterocycles. The summed E-state index contributed by atoms with van der Waals surface area (Å²) >= 11 is 5.91. The van der Waals surface area contributed by atoms with Gasteiger partial charge in [0.15, 0.2) is 17.0 Å². The lowest BCUT2D eigenvalue weighted by Crippen LogP contribution is -2.46. The highest BCUT2D eigenvalue weighted by Crippen LogP contribution is 2.38. The second kappa shape index (κ2) is 4.61. The molecule has 20 heavy (non-hydrogen) atoms. The van der Waals surface area contributed by atoms with Gasteiger partial charge in [0.05, 0.1) is 12.9 Å². The third-order valence-electron chi connectivity index (χ3n) is 3.58.